The molecule has 0 radical (unpaired) electrons. The maximum atomic E-state index is 12.4. The van der Waals surface area contributed by atoms with Gasteiger partial charge in [-0.2, -0.15) is 0 Å². The van der Waals surface area contributed by atoms with Gasteiger partial charge in [0.1, 0.15) is 12.6 Å². The van der Waals surface area contributed by atoms with Crippen molar-refractivity contribution in [3.8, 4) is 11.1 Å². The van der Waals surface area contributed by atoms with Crippen LogP contribution in [0.2, 0.25) is 0 Å². The van der Waals surface area contributed by atoms with E-state index in [1.165, 1.54) is 0 Å². The van der Waals surface area contributed by atoms with E-state index in [1.807, 2.05) is 43.3 Å². The van der Waals surface area contributed by atoms with Crippen molar-refractivity contribution >= 4 is 12.1 Å². The maximum Gasteiger partial charge on any atom is 0.407 e. The van der Waals surface area contributed by atoms with Crippen molar-refractivity contribution < 1.29 is 19.4 Å². The van der Waals surface area contributed by atoms with E-state index in [0.717, 1.165) is 33.5 Å². The van der Waals surface area contributed by atoms with Crippen LogP contribution in [0, 0.1) is 6.92 Å². The summed E-state index contributed by atoms with van der Waals surface area (Å²) in [7, 11) is 0. The number of hydrogen-bond acceptors (Lipinski definition) is 4. The zero-order valence-corrected chi connectivity index (χ0v) is 16.5. The lowest BCUT2D eigenvalue weighted by molar-refractivity contribution is -0.139. The second-order valence-corrected chi connectivity index (χ2v) is 7.31. The van der Waals surface area contributed by atoms with Crippen LogP contribution in [0.4, 0.5) is 4.79 Å². The summed E-state index contributed by atoms with van der Waals surface area (Å²) in [6.07, 6.45) is 1.04. The van der Waals surface area contributed by atoms with Gasteiger partial charge < -0.3 is 15.2 Å². The zero-order valence-electron chi connectivity index (χ0n) is 16.5. The summed E-state index contributed by atoms with van der Waals surface area (Å²) in [5, 5.41) is 12.0. The van der Waals surface area contributed by atoms with Crippen molar-refractivity contribution in [2.24, 2.45) is 0 Å². The molecular formula is C24H22N2O4. The first-order valence-corrected chi connectivity index (χ1v) is 9.79. The average Bonchev–Trinajstić information content (AvgIpc) is 3.07. The summed E-state index contributed by atoms with van der Waals surface area (Å²) in [6, 6.07) is 18.6. The van der Waals surface area contributed by atoms with Crippen LogP contribution in [0.5, 0.6) is 0 Å². The van der Waals surface area contributed by atoms with E-state index < -0.39 is 18.1 Å². The van der Waals surface area contributed by atoms with Crippen molar-refractivity contribution in [1.29, 1.82) is 0 Å². The van der Waals surface area contributed by atoms with E-state index in [9.17, 15) is 14.7 Å². The quantitative estimate of drug-likeness (QED) is 0.652. The van der Waals surface area contributed by atoms with Gasteiger partial charge in [0.2, 0.25) is 0 Å². The number of fused-ring (bicyclic) bond motifs is 3. The highest BCUT2D eigenvalue weighted by molar-refractivity contribution is 5.81. The van der Waals surface area contributed by atoms with Gasteiger partial charge >= 0.3 is 12.1 Å². The number of nitrogens with zero attached hydrogens (tertiary/aromatic N) is 1. The predicted molar refractivity (Wildman–Crippen MR) is 112 cm³/mol. The van der Waals surface area contributed by atoms with Crippen molar-refractivity contribution in [2.45, 2.75) is 25.3 Å². The Morgan fingerprint density at radius 3 is 2.27 bits per heavy atom. The Balaban J connectivity index is 1.44. The van der Waals surface area contributed by atoms with Gasteiger partial charge in [-0.25, -0.2) is 9.59 Å². The van der Waals surface area contributed by atoms with Crippen LogP contribution in [0.25, 0.3) is 11.1 Å². The molecule has 2 N–H and O–H groups in total. The van der Waals surface area contributed by atoms with Gasteiger partial charge in [0.15, 0.2) is 0 Å². The third-order valence-electron chi connectivity index (χ3n) is 5.47. The molecule has 3 aromatic rings. The van der Waals surface area contributed by atoms with Crippen LogP contribution in [-0.2, 0) is 16.0 Å². The van der Waals surface area contributed by atoms with Crippen LogP contribution in [0.3, 0.4) is 0 Å². The van der Waals surface area contributed by atoms with Crippen LogP contribution in [0.1, 0.15) is 28.3 Å². The van der Waals surface area contributed by atoms with Crippen molar-refractivity contribution in [3.63, 3.8) is 0 Å². The second kappa shape index (κ2) is 8.37. The Hall–Kier alpha value is -3.67. The smallest absolute Gasteiger partial charge is 0.407 e. The molecule has 4 rings (SSSR count). The normalized spacial score (nSPS) is 13.2. The lowest BCUT2D eigenvalue weighted by Gasteiger charge is -2.18. The molecule has 6 nitrogen and oxygen atoms in total. The first-order valence-electron chi connectivity index (χ1n) is 9.79. The molecule has 1 amide bonds. The second-order valence-electron chi connectivity index (χ2n) is 7.31. The van der Waals surface area contributed by atoms with E-state index in [1.54, 1.807) is 18.3 Å². The molecule has 2 aromatic carbocycles. The number of carboxylic acid groups (broad SMARTS) is 1. The van der Waals surface area contributed by atoms with Crippen molar-refractivity contribution in [2.75, 3.05) is 6.61 Å². The van der Waals surface area contributed by atoms with Gasteiger partial charge in [-0.1, -0.05) is 54.6 Å². The van der Waals surface area contributed by atoms with Gasteiger partial charge in [-0.15, -0.1) is 0 Å². The van der Waals surface area contributed by atoms with Gasteiger partial charge in [0.05, 0.1) is 0 Å². The number of carbonyl (C=O) groups is 2. The Kier molecular flexibility index (Phi) is 5.48. The Morgan fingerprint density at radius 1 is 1.03 bits per heavy atom. The molecular weight excluding hydrogens is 380 g/mol. The number of alkyl carbamates (subject to hydrolysis) is 1. The topological polar surface area (TPSA) is 88.5 Å². The third-order valence-corrected chi connectivity index (χ3v) is 5.47. The van der Waals surface area contributed by atoms with Gasteiger partial charge in [-0.3, -0.25) is 4.98 Å². The van der Waals surface area contributed by atoms with Crippen LogP contribution in [0.15, 0.2) is 66.9 Å². The molecule has 1 aliphatic carbocycles. The Labute approximate surface area is 174 Å². The summed E-state index contributed by atoms with van der Waals surface area (Å²) in [5.74, 6) is -1.20. The predicted octanol–water partition coefficient (Wildman–Crippen LogP) is 3.92. The maximum absolute atomic E-state index is 12.4. The highest BCUT2D eigenvalue weighted by Gasteiger charge is 2.29. The zero-order chi connectivity index (χ0) is 21.1. The lowest BCUT2D eigenvalue weighted by atomic mass is 9.98. The summed E-state index contributed by atoms with van der Waals surface area (Å²) in [4.78, 5) is 28.2. The number of aryl methyl sites for hydroxylation is 1. The molecule has 1 heterocycles. The lowest BCUT2D eigenvalue weighted by Crippen LogP contribution is -2.43. The number of amides is 1. The number of carbonyl (C=O) groups excluding carboxylic acids is 1. The van der Waals surface area contributed by atoms with Crippen molar-refractivity contribution in [1.82, 2.24) is 10.3 Å². The Bertz CT molecular complexity index is 1050. The van der Waals surface area contributed by atoms with E-state index in [-0.39, 0.29) is 18.9 Å². The minimum Gasteiger partial charge on any atom is -0.480 e. The monoisotopic (exact) mass is 402 g/mol. The molecule has 152 valence electrons. The molecule has 30 heavy (non-hydrogen) atoms. The van der Waals surface area contributed by atoms with Crippen LogP contribution >= 0.6 is 0 Å². The van der Waals surface area contributed by atoms with E-state index in [2.05, 4.69) is 22.4 Å². The van der Waals surface area contributed by atoms with Crippen molar-refractivity contribution in [3.05, 3.63) is 89.2 Å². The minimum absolute atomic E-state index is 0.0769. The van der Waals surface area contributed by atoms with Gasteiger partial charge in [0, 0.05) is 24.2 Å². The number of aromatic nitrogens is 1. The third kappa shape index (κ3) is 3.89. The van der Waals surface area contributed by atoms with E-state index >= 15 is 0 Å². The van der Waals surface area contributed by atoms with Gasteiger partial charge in [-0.05, 0) is 40.8 Å². The fourth-order valence-corrected chi connectivity index (χ4v) is 3.94. The first-order chi connectivity index (χ1) is 14.5. The largest absolute Gasteiger partial charge is 0.480 e. The summed E-state index contributed by atoms with van der Waals surface area (Å²) in [6.45, 7) is 1.94. The number of aliphatic carboxylic acids is 1. The highest BCUT2D eigenvalue weighted by atomic mass is 16.5. The number of rotatable bonds is 6. The molecule has 0 saturated carbocycles. The Morgan fingerprint density at radius 2 is 1.67 bits per heavy atom. The summed E-state index contributed by atoms with van der Waals surface area (Å²) < 4.78 is 5.46. The fourth-order valence-electron chi connectivity index (χ4n) is 3.94. The molecule has 0 saturated heterocycles. The number of pyridine rings is 1. The van der Waals surface area contributed by atoms with E-state index in [0.29, 0.717) is 0 Å². The highest BCUT2D eigenvalue weighted by Crippen LogP contribution is 2.44. The number of nitrogens with one attached hydrogen (secondary N) is 1. The summed E-state index contributed by atoms with van der Waals surface area (Å²) >= 11 is 0. The summed E-state index contributed by atoms with van der Waals surface area (Å²) in [5.41, 5.74) is 5.98. The van der Waals surface area contributed by atoms with Crippen LogP contribution < -0.4 is 5.32 Å². The fraction of sp³-hybridized carbons (Fsp3) is 0.208. The SMILES string of the molecule is Cc1ncccc1CC(NC(=O)OCC1c2ccccc2-c2ccccc21)C(=O)O. The molecule has 0 spiro atoms. The minimum atomic E-state index is -1.12. The molecule has 0 bridgehead atoms. The van der Waals surface area contributed by atoms with E-state index in [4.69, 9.17) is 4.74 Å². The molecule has 1 unspecified atom stereocenters. The first kappa shape index (κ1) is 19.6. The molecule has 1 aromatic heterocycles. The average molecular weight is 402 g/mol. The number of benzene rings is 2. The molecule has 1 atom stereocenters. The number of carboxylic acids is 1. The molecule has 0 fully saturated rings. The van der Waals surface area contributed by atoms with Gasteiger partial charge in [0.25, 0.3) is 0 Å². The number of hydrogen-bond donors (Lipinski definition) is 2. The standard InChI is InChI=1S/C24H22N2O4/c1-15-16(7-6-12-25-15)13-22(23(27)28)26-24(29)30-14-21-19-10-4-2-8-17(19)18-9-3-5-11-20(18)21/h2-12,21-22H,13-14H2,1H3,(H,26,29)(H,27,28). The van der Waals surface area contributed by atoms with Crippen LogP contribution in [-0.4, -0.2) is 34.8 Å². The number of ether oxygens (including phenoxy) is 1. The molecule has 1 aliphatic rings. The molecule has 0 aliphatic heterocycles. The molecule has 6 heteroatoms.